The van der Waals surface area contributed by atoms with Crippen LogP contribution in [0.2, 0.25) is 0 Å². The van der Waals surface area contributed by atoms with E-state index in [2.05, 4.69) is 4.98 Å². The van der Waals surface area contributed by atoms with Crippen LogP contribution in [0, 0.1) is 0 Å². The number of hydrogen-bond acceptors (Lipinski definition) is 5. The van der Waals surface area contributed by atoms with Crippen LogP contribution >= 0.6 is 0 Å². The van der Waals surface area contributed by atoms with Crippen LogP contribution in [-0.2, 0) is 11.3 Å². The molecule has 0 amide bonds. The summed E-state index contributed by atoms with van der Waals surface area (Å²) in [4.78, 5) is 26.0. The summed E-state index contributed by atoms with van der Waals surface area (Å²) in [5.74, 6) is -2.11. The number of aromatic carboxylic acids is 1. The van der Waals surface area contributed by atoms with E-state index in [1.54, 1.807) is 0 Å². The van der Waals surface area contributed by atoms with Gasteiger partial charge in [0.15, 0.2) is 0 Å². The number of carbonyl (C=O) groups is 2. The fraction of sp³-hybridized carbons (Fsp3) is 0.0714. The number of pyridine rings is 1. The average molecular weight is 256 g/mol. The smallest absolute Gasteiger partial charge is 0.357 e. The second-order valence-electron chi connectivity index (χ2n) is 3.76. The van der Waals surface area contributed by atoms with E-state index in [9.17, 15) is 14.7 Å². The van der Waals surface area contributed by atoms with E-state index in [0.717, 1.165) is 5.56 Å². The molecule has 0 spiro atoms. The van der Waals surface area contributed by atoms with E-state index in [4.69, 9.17) is 4.74 Å². The van der Waals surface area contributed by atoms with Gasteiger partial charge in [-0.1, -0.05) is 36.4 Å². The number of ether oxygens (including phenoxy) is 1. The van der Waals surface area contributed by atoms with Crippen LogP contribution in [0.15, 0.2) is 48.5 Å². The van der Waals surface area contributed by atoms with Crippen LogP contribution in [0.1, 0.15) is 26.5 Å². The van der Waals surface area contributed by atoms with Crippen LogP contribution < -0.4 is 5.11 Å². The van der Waals surface area contributed by atoms with Gasteiger partial charge in [-0.15, -0.1) is 0 Å². The van der Waals surface area contributed by atoms with Crippen molar-refractivity contribution in [3.05, 3.63) is 65.5 Å². The first kappa shape index (κ1) is 12.8. The van der Waals surface area contributed by atoms with Gasteiger partial charge < -0.3 is 14.6 Å². The van der Waals surface area contributed by atoms with Crippen molar-refractivity contribution in [1.29, 1.82) is 0 Å². The molecule has 0 radical (unpaired) electrons. The highest BCUT2D eigenvalue weighted by Gasteiger charge is 2.10. The molecule has 0 saturated carbocycles. The van der Waals surface area contributed by atoms with Crippen molar-refractivity contribution in [1.82, 2.24) is 4.98 Å². The summed E-state index contributed by atoms with van der Waals surface area (Å²) >= 11 is 0. The zero-order chi connectivity index (χ0) is 13.7. The summed E-state index contributed by atoms with van der Waals surface area (Å²) in [5, 5.41) is 10.6. The maximum Gasteiger partial charge on any atom is 0.357 e. The molecule has 0 fully saturated rings. The molecule has 5 heteroatoms. The van der Waals surface area contributed by atoms with Gasteiger partial charge in [0.25, 0.3) is 0 Å². The third-order valence-electron chi connectivity index (χ3n) is 2.38. The Balaban J connectivity index is 2.04. The molecule has 19 heavy (non-hydrogen) atoms. The maximum atomic E-state index is 11.7. The molecule has 1 aromatic heterocycles. The Kier molecular flexibility index (Phi) is 3.87. The van der Waals surface area contributed by atoms with Crippen molar-refractivity contribution in [3.8, 4) is 0 Å². The van der Waals surface area contributed by atoms with Crippen LogP contribution in [0.4, 0.5) is 0 Å². The van der Waals surface area contributed by atoms with Gasteiger partial charge in [0.2, 0.25) is 0 Å². The van der Waals surface area contributed by atoms with Crippen LogP contribution in [0.3, 0.4) is 0 Å². The molecular formula is C14H10NO4-. The zero-order valence-corrected chi connectivity index (χ0v) is 9.91. The van der Waals surface area contributed by atoms with E-state index in [1.165, 1.54) is 18.2 Å². The Morgan fingerprint density at radius 3 is 2.37 bits per heavy atom. The van der Waals surface area contributed by atoms with Gasteiger partial charge in [0.1, 0.15) is 12.3 Å². The predicted octanol–water partition coefficient (Wildman–Crippen LogP) is 0.802. The van der Waals surface area contributed by atoms with E-state index in [0.29, 0.717) is 0 Å². The Morgan fingerprint density at radius 1 is 1.00 bits per heavy atom. The van der Waals surface area contributed by atoms with Gasteiger partial charge >= 0.3 is 5.97 Å². The minimum Gasteiger partial charge on any atom is -0.543 e. The lowest BCUT2D eigenvalue weighted by Crippen LogP contribution is -2.24. The van der Waals surface area contributed by atoms with Gasteiger partial charge in [0.05, 0.1) is 11.7 Å². The third kappa shape index (κ3) is 3.38. The van der Waals surface area contributed by atoms with Crippen molar-refractivity contribution >= 4 is 11.9 Å². The average Bonchev–Trinajstić information content (AvgIpc) is 2.46. The molecule has 0 aliphatic heterocycles. The molecule has 0 atom stereocenters. The first-order valence-corrected chi connectivity index (χ1v) is 5.56. The SMILES string of the molecule is O=C([O-])c1cccc(C(=O)OCc2ccccc2)n1. The Hall–Kier alpha value is -2.69. The molecule has 0 aliphatic carbocycles. The first-order chi connectivity index (χ1) is 9.16. The molecule has 0 N–H and O–H groups in total. The minimum absolute atomic E-state index is 0.0577. The number of hydrogen-bond donors (Lipinski definition) is 0. The van der Waals surface area contributed by atoms with Crippen molar-refractivity contribution in [2.45, 2.75) is 6.61 Å². The molecule has 0 unspecified atom stereocenters. The molecule has 1 aromatic carbocycles. The number of nitrogens with zero attached hydrogens (tertiary/aromatic N) is 1. The van der Waals surface area contributed by atoms with E-state index < -0.39 is 11.9 Å². The van der Waals surface area contributed by atoms with Crippen LogP contribution in [0.5, 0.6) is 0 Å². The van der Waals surface area contributed by atoms with Gasteiger partial charge in [-0.2, -0.15) is 0 Å². The minimum atomic E-state index is -1.43. The molecule has 0 saturated heterocycles. The van der Waals surface area contributed by atoms with E-state index in [-0.39, 0.29) is 18.0 Å². The van der Waals surface area contributed by atoms with Crippen molar-refractivity contribution < 1.29 is 19.4 Å². The normalized spacial score (nSPS) is 9.89. The van der Waals surface area contributed by atoms with Crippen molar-refractivity contribution in [2.75, 3.05) is 0 Å². The van der Waals surface area contributed by atoms with Gasteiger partial charge in [0, 0.05) is 0 Å². The van der Waals surface area contributed by atoms with Crippen LogP contribution in [-0.4, -0.2) is 16.9 Å². The lowest BCUT2D eigenvalue weighted by molar-refractivity contribution is -0.255. The Morgan fingerprint density at radius 2 is 1.68 bits per heavy atom. The number of rotatable bonds is 4. The summed E-state index contributed by atoms with van der Waals surface area (Å²) in [6.07, 6.45) is 0. The maximum absolute atomic E-state index is 11.7. The van der Waals surface area contributed by atoms with Gasteiger partial charge in [-0.05, 0) is 17.7 Å². The van der Waals surface area contributed by atoms with Crippen LogP contribution in [0.25, 0.3) is 0 Å². The summed E-state index contributed by atoms with van der Waals surface area (Å²) in [7, 11) is 0. The lowest BCUT2D eigenvalue weighted by Gasteiger charge is -2.06. The number of esters is 1. The number of carboxylic acids is 1. The summed E-state index contributed by atoms with van der Waals surface area (Å²) in [6.45, 7) is 0.108. The Labute approximate surface area is 109 Å². The standard InChI is InChI=1S/C14H11NO4/c16-13(17)11-7-4-8-12(15-11)14(18)19-9-10-5-2-1-3-6-10/h1-8H,9H2,(H,16,17)/p-1. The number of carbonyl (C=O) groups excluding carboxylic acids is 2. The topological polar surface area (TPSA) is 79.3 Å². The highest BCUT2D eigenvalue weighted by atomic mass is 16.5. The lowest BCUT2D eigenvalue weighted by atomic mass is 10.2. The van der Waals surface area contributed by atoms with Gasteiger partial charge in [-0.3, -0.25) is 0 Å². The molecule has 0 bridgehead atoms. The number of carboxylic acid groups (broad SMARTS) is 1. The van der Waals surface area contributed by atoms with Crippen molar-refractivity contribution in [3.63, 3.8) is 0 Å². The van der Waals surface area contributed by atoms with E-state index in [1.807, 2.05) is 30.3 Å². The fourth-order valence-corrected chi connectivity index (χ4v) is 1.46. The highest BCUT2D eigenvalue weighted by molar-refractivity contribution is 5.90. The van der Waals surface area contributed by atoms with Gasteiger partial charge in [-0.25, -0.2) is 9.78 Å². The monoisotopic (exact) mass is 256 g/mol. The largest absolute Gasteiger partial charge is 0.543 e. The third-order valence-corrected chi connectivity index (χ3v) is 2.38. The first-order valence-electron chi connectivity index (χ1n) is 5.56. The summed E-state index contributed by atoms with van der Waals surface area (Å²) < 4.78 is 5.03. The highest BCUT2D eigenvalue weighted by Crippen LogP contribution is 2.05. The molecule has 2 rings (SSSR count). The van der Waals surface area contributed by atoms with Crippen molar-refractivity contribution in [2.24, 2.45) is 0 Å². The quantitative estimate of drug-likeness (QED) is 0.756. The molecular weight excluding hydrogens is 246 g/mol. The second kappa shape index (κ2) is 5.77. The summed E-state index contributed by atoms with van der Waals surface area (Å²) in [6, 6.07) is 13.2. The summed E-state index contributed by atoms with van der Waals surface area (Å²) in [5.41, 5.74) is 0.485. The predicted molar refractivity (Wildman–Crippen MR) is 64.1 cm³/mol. The zero-order valence-electron chi connectivity index (χ0n) is 9.91. The number of aromatic nitrogens is 1. The number of benzene rings is 1. The molecule has 0 aliphatic rings. The second-order valence-corrected chi connectivity index (χ2v) is 3.76. The fourth-order valence-electron chi connectivity index (χ4n) is 1.46. The molecule has 5 nitrogen and oxygen atoms in total. The molecule has 1 heterocycles. The molecule has 96 valence electrons. The van der Waals surface area contributed by atoms with E-state index >= 15 is 0 Å². The Bertz CT molecular complexity index is 595. The molecule has 2 aromatic rings.